The van der Waals surface area contributed by atoms with Crippen molar-refractivity contribution in [2.24, 2.45) is 0 Å². The molecule has 1 unspecified atom stereocenters. The molecule has 1 aromatic heterocycles. The molecule has 1 saturated heterocycles. The van der Waals surface area contributed by atoms with E-state index >= 15 is 0 Å². The Labute approximate surface area is 198 Å². The van der Waals surface area contributed by atoms with Gasteiger partial charge in [0.05, 0.1) is 18.9 Å². The van der Waals surface area contributed by atoms with Crippen molar-refractivity contribution in [3.63, 3.8) is 0 Å². The molecule has 7 nitrogen and oxygen atoms in total. The monoisotopic (exact) mass is 454 g/mol. The highest BCUT2D eigenvalue weighted by Gasteiger charge is 2.22. The van der Waals surface area contributed by atoms with Crippen LogP contribution in [0.4, 0.5) is 0 Å². The molecule has 172 valence electrons. The summed E-state index contributed by atoms with van der Waals surface area (Å²) in [5.41, 5.74) is 3.68. The molecule has 0 radical (unpaired) electrons. The predicted molar refractivity (Wildman–Crippen MR) is 129 cm³/mol. The zero-order valence-corrected chi connectivity index (χ0v) is 18.8. The molecular formula is C27H26N4O3. The van der Waals surface area contributed by atoms with Crippen LogP contribution in [0.5, 0.6) is 5.75 Å². The summed E-state index contributed by atoms with van der Waals surface area (Å²) in [6, 6.07) is 16.4. The van der Waals surface area contributed by atoms with Gasteiger partial charge in [0, 0.05) is 30.3 Å². The lowest BCUT2D eigenvalue weighted by atomic mass is 9.95. The number of H-pyrrole nitrogens is 1. The molecule has 0 saturated carbocycles. The van der Waals surface area contributed by atoms with Crippen LogP contribution in [0.2, 0.25) is 0 Å². The molecule has 3 aromatic rings. The van der Waals surface area contributed by atoms with Gasteiger partial charge >= 0.3 is 0 Å². The molecule has 0 amide bonds. The van der Waals surface area contributed by atoms with Crippen molar-refractivity contribution in [1.29, 1.82) is 0 Å². The van der Waals surface area contributed by atoms with Gasteiger partial charge in [0.2, 0.25) is 12.3 Å². The van der Waals surface area contributed by atoms with Crippen LogP contribution in [0.3, 0.4) is 0 Å². The number of ether oxygens (including phenoxy) is 1. The number of rotatable bonds is 7. The molecule has 2 heterocycles. The molecule has 34 heavy (non-hydrogen) atoms. The molecule has 3 N–H and O–H groups in total. The van der Waals surface area contributed by atoms with E-state index in [1.807, 2.05) is 36.4 Å². The highest BCUT2D eigenvalue weighted by molar-refractivity contribution is 5.44. The van der Waals surface area contributed by atoms with Gasteiger partial charge in [-0.15, -0.1) is 0 Å². The summed E-state index contributed by atoms with van der Waals surface area (Å²) < 4.78 is 5.39. The number of aromatic hydroxyl groups is 1. The van der Waals surface area contributed by atoms with Gasteiger partial charge in [-0.25, -0.2) is 11.6 Å². The van der Waals surface area contributed by atoms with Gasteiger partial charge in [-0.3, -0.25) is 4.79 Å². The topological polar surface area (TPSA) is 91.6 Å². The number of nitrogens with one attached hydrogen (secondary N) is 2. The molecule has 7 heteroatoms. The fourth-order valence-electron chi connectivity index (χ4n) is 3.88. The minimum Gasteiger partial charge on any atom is -0.502 e. The number of hydrogen-bond acceptors (Lipinski definition) is 5. The van der Waals surface area contributed by atoms with Gasteiger partial charge in [-0.05, 0) is 48.2 Å². The van der Waals surface area contributed by atoms with Crippen LogP contribution in [-0.4, -0.2) is 40.9 Å². The van der Waals surface area contributed by atoms with Crippen molar-refractivity contribution in [2.45, 2.75) is 31.3 Å². The van der Waals surface area contributed by atoms with Crippen molar-refractivity contribution in [2.75, 3.05) is 19.8 Å². The number of hydrogen-bond donors (Lipinski definition) is 3. The molecule has 4 rings (SSSR count). The van der Waals surface area contributed by atoms with E-state index < -0.39 is 11.3 Å². The average molecular weight is 455 g/mol. The van der Waals surface area contributed by atoms with E-state index in [9.17, 15) is 9.90 Å². The molecule has 1 fully saturated rings. The Kier molecular flexibility index (Phi) is 7.72. The summed E-state index contributed by atoms with van der Waals surface area (Å²) in [6.45, 7) is 9.80. The van der Waals surface area contributed by atoms with Gasteiger partial charge in [0.15, 0.2) is 0 Å². The molecule has 0 aliphatic carbocycles. The maximum atomic E-state index is 11.7. The first kappa shape index (κ1) is 23.3. The van der Waals surface area contributed by atoms with Crippen molar-refractivity contribution in [3.05, 3.63) is 105 Å². The van der Waals surface area contributed by atoms with Crippen LogP contribution >= 0.6 is 0 Å². The predicted octanol–water partition coefficient (Wildman–Crippen LogP) is 3.00. The van der Waals surface area contributed by atoms with Gasteiger partial charge < -0.3 is 25.0 Å². The Balaban J connectivity index is 1.37. The smallest absolute Gasteiger partial charge is 0.293 e. The van der Waals surface area contributed by atoms with Crippen molar-refractivity contribution in [1.82, 2.24) is 15.3 Å². The quantitative estimate of drug-likeness (QED) is 0.377. The fraction of sp³-hybridized carbons (Fsp3) is 0.296. The Morgan fingerprint density at radius 2 is 1.82 bits per heavy atom. The van der Waals surface area contributed by atoms with Crippen LogP contribution in [0.15, 0.2) is 59.7 Å². The number of aromatic amines is 1. The molecule has 0 spiro atoms. The second-order valence-corrected chi connectivity index (χ2v) is 8.29. The van der Waals surface area contributed by atoms with Gasteiger partial charge in [-0.2, -0.15) is 0 Å². The molecular weight excluding hydrogens is 428 g/mol. The third kappa shape index (κ3) is 6.11. The Hall–Kier alpha value is -3.91. The van der Waals surface area contributed by atoms with Crippen molar-refractivity contribution >= 4 is 0 Å². The fourth-order valence-corrected chi connectivity index (χ4v) is 3.88. The van der Waals surface area contributed by atoms with Crippen molar-refractivity contribution in [3.8, 4) is 17.6 Å². The lowest BCUT2D eigenvalue weighted by Gasteiger charge is -2.12. The molecule has 1 aliphatic rings. The zero-order chi connectivity index (χ0) is 23.8. The lowest BCUT2D eigenvalue weighted by molar-refractivity contribution is 0.190. The summed E-state index contributed by atoms with van der Waals surface area (Å²) in [5, 5.41) is 13.6. The molecule has 0 bridgehead atoms. The third-order valence-electron chi connectivity index (χ3n) is 5.82. The summed E-state index contributed by atoms with van der Waals surface area (Å²) >= 11 is 0. The van der Waals surface area contributed by atoms with Crippen LogP contribution < -0.4 is 10.9 Å². The number of benzene rings is 2. The highest BCUT2D eigenvalue weighted by Crippen LogP contribution is 2.24. The van der Waals surface area contributed by atoms with E-state index in [0.717, 1.165) is 42.9 Å². The van der Waals surface area contributed by atoms with E-state index in [-0.39, 0.29) is 18.2 Å². The standard InChI is InChI=1S/C27H26N4O3/c1-28-16-23(25-26(32)27(33)31-18-30-25)14-21-8-4-19(5-9-21)2-3-20-6-10-22(11-7-20)15-29-24-12-13-34-17-24/h4-11,18,23-24,29,32H,12-17H2,(H,30,31,33)/t23?,24-/m0/s1. The summed E-state index contributed by atoms with van der Waals surface area (Å²) in [6.07, 6.45) is 2.80. The zero-order valence-electron chi connectivity index (χ0n) is 18.8. The van der Waals surface area contributed by atoms with Crippen LogP contribution in [0, 0.1) is 18.4 Å². The highest BCUT2D eigenvalue weighted by atomic mass is 16.5. The Morgan fingerprint density at radius 3 is 2.44 bits per heavy atom. The molecule has 2 aromatic carbocycles. The van der Waals surface area contributed by atoms with E-state index in [1.54, 1.807) is 0 Å². The van der Waals surface area contributed by atoms with E-state index in [1.165, 1.54) is 11.9 Å². The first-order chi connectivity index (χ1) is 16.6. The first-order valence-corrected chi connectivity index (χ1v) is 11.2. The normalized spacial score (nSPS) is 15.8. The summed E-state index contributed by atoms with van der Waals surface area (Å²) in [4.78, 5) is 21.6. The van der Waals surface area contributed by atoms with Crippen LogP contribution in [-0.2, 0) is 17.7 Å². The third-order valence-corrected chi connectivity index (χ3v) is 5.82. The van der Waals surface area contributed by atoms with E-state index in [2.05, 4.69) is 44.1 Å². The SMILES string of the molecule is [C-]#[N+]CC(Cc1ccc(C#Cc2ccc(CN[C@H]3CCOC3)cc2)cc1)c1nc[nH]c(=O)c1O. The first-order valence-electron chi connectivity index (χ1n) is 11.2. The van der Waals surface area contributed by atoms with E-state index in [0.29, 0.717) is 12.5 Å². The minimum atomic E-state index is -0.599. The number of aromatic nitrogens is 2. The average Bonchev–Trinajstić information content (AvgIpc) is 3.38. The van der Waals surface area contributed by atoms with Gasteiger partial charge in [-0.1, -0.05) is 36.1 Å². The van der Waals surface area contributed by atoms with Crippen LogP contribution in [0.1, 0.15) is 40.3 Å². The lowest BCUT2D eigenvalue weighted by Crippen LogP contribution is -2.28. The minimum absolute atomic E-state index is 0.130. The Bertz CT molecular complexity index is 1260. The Morgan fingerprint density at radius 1 is 1.15 bits per heavy atom. The van der Waals surface area contributed by atoms with Crippen LogP contribution in [0.25, 0.3) is 4.85 Å². The second-order valence-electron chi connectivity index (χ2n) is 8.29. The second kappa shape index (κ2) is 11.3. The van der Waals surface area contributed by atoms with E-state index in [4.69, 9.17) is 11.3 Å². The molecule has 1 aliphatic heterocycles. The summed E-state index contributed by atoms with van der Waals surface area (Å²) in [7, 11) is 0. The largest absolute Gasteiger partial charge is 0.502 e. The maximum Gasteiger partial charge on any atom is 0.293 e. The number of nitrogens with zero attached hydrogens (tertiary/aromatic N) is 2. The molecule has 2 atom stereocenters. The van der Waals surface area contributed by atoms with Crippen molar-refractivity contribution < 1.29 is 9.84 Å². The maximum absolute atomic E-state index is 11.7. The van der Waals surface area contributed by atoms with Gasteiger partial charge in [0.25, 0.3) is 5.56 Å². The summed E-state index contributed by atoms with van der Waals surface area (Å²) in [5.74, 6) is 5.58. The van der Waals surface area contributed by atoms with Gasteiger partial charge in [0.1, 0.15) is 5.69 Å².